The van der Waals surface area contributed by atoms with Gasteiger partial charge in [0.2, 0.25) is 0 Å². The molecule has 0 bridgehead atoms. The minimum absolute atomic E-state index is 0.117. The lowest BCUT2D eigenvalue weighted by molar-refractivity contribution is -0.140. The Morgan fingerprint density at radius 1 is 1.42 bits per heavy atom. The van der Waals surface area contributed by atoms with Crippen molar-refractivity contribution in [1.82, 2.24) is 0 Å². The molecule has 0 aliphatic rings. The summed E-state index contributed by atoms with van der Waals surface area (Å²) in [7, 11) is 0. The van der Waals surface area contributed by atoms with Crippen molar-refractivity contribution in [2.24, 2.45) is 10.9 Å². The summed E-state index contributed by atoms with van der Waals surface area (Å²) in [6.45, 7) is -0.772. The van der Waals surface area contributed by atoms with E-state index in [0.717, 1.165) is 0 Å². The predicted molar refractivity (Wildman–Crippen MR) is 65.5 cm³/mol. The van der Waals surface area contributed by atoms with Crippen molar-refractivity contribution in [3.05, 3.63) is 29.8 Å². The summed E-state index contributed by atoms with van der Waals surface area (Å²) in [4.78, 5) is 15.2. The Balaban J connectivity index is 2.83. The molecule has 0 aliphatic heterocycles. The first-order valence-corrected chi connectivity index (χ1v) is 5.67. The van der Waals surface area contributed by atoms with Crippen molar-refractivity contribution in [2.75, 3.05) is 12.5 Å². The molecule has 0 amide bonds. The number of oxime groups is 1. The summed E-state index contributed by atoms with van der Waals surface area (Å²) in [6.07, 6.45) is -2.61. The Kier molecular flexibility index (Phi) is 6.01. The zero-order valence-electron chi connectivity index (χ0n) is 9.68. The van der Waals surface area contributed by atoms with Crippen LogP contribution in [0.4, 0.5) is 8.78 Å². The SMILES string of the molecule is NC(=NOC(=O)CCl)c1ccccc1OCC(F)F. The molecule has 1 aromatic rings. The molecule has 0 fully saturated rings. The Hall–Kier alpha value is -1.89. The first kappa shape index (κ1) is 15.2. The van der Waals surface area contributed by atoms with Gasteiger partial charge in [-0.25, -0.2) is 13.6 Å². The van der Waals surface area contributed by atoms with Gasteiger partial charge < -0.3 is 15.3 Å². The smallest absolute Gasteiger partial charge is 0.349 e. The Bertz CT molecular complexity index is 469. The third-order valence-corrected chi connectivity index (χ3v) is 2.10. The first-order valence-electron chi connectivity index (χ1n) is 5.14. The van der Waals surface area contributed by atoms with Crippen LogP contribution < -0.4 is 10.5 Å². The van der Waals surface area contributed by atoms with Gasteiger partial charge in [0.05, 0.1) is 5.56 Å². The van der Waals surface area contributed by atoms with Crippen LogP contribution in [0.3, 0.4) is 0 Å². The molecule has 0 heterocycles. The Morgan fingerprint density at radius 3 is 2.74 bits per heavy atom. The molecular formula is C11H11ClF2N2O3. The Labute approximate surface area is 112 Å². The molecule has 0 aromatic heterocycles. The number of hydrogen-bond donors (Lipinski definition) is 1. The van der Waals surface area contributed by atoms with Gasteiger partial charge in [0.25, 0.3) is 6.43 Å². The summed E-state index contributed by atoms with van der Waals surface area (Å²) < 4.78 is 29.0. The maximum atomic E-state index is 12.1. The molecule has 0 saturated heterocycles. The van der Waals surface area contributed by atoms with Crippen LogP contribution in [-0.4, -0.2) is 30.7 Å². The molecule has 0 unspecified atom stereocenters. The van der Waals surface area contributed by atoms with Crippen molar-refractivity contribution in [3.63, 3.8) is 0 Å². The number of benzene rings is 1. The fourth-order valence-corrected chi connectivity index (χ4v) is 1.18. The van der Waals surface area contributed by atoms with Gasteiger partial charge in [0.1, 0.15) is 18.2 Å². The third kappa shape index (κ3) is 5.09. The minimum Gasteiger partial charge on any atom is -0.487 e. The predicted octanol–water partition coefficient (Wildman–Crippen LogP) is 1.73. The number of carbonyl (C=O) groups excluding carboxylic acids is 1. The highest BCUT2D eigenvalue weighted by Crippen LogP contribution is 2.18. The van der Waals surface area contributed by atoms with E-state index >= 15 is 0 Å². The summed E-state index contributed by atoms with van der Waals surface area (Å²) >= 11 is 5.20. The molecule has 0 spiro atoms. The van der Waals surface area contributed by atoms with E-state index in [4.69, 9.17) is 22.1 Å². The normalized spacial score (nSPS) is 11.5. The molecule has 104 valence electrons. The number of nitrogens with zero attached hydrogens (tertiary/aromatic N) is 1. The highest BCUT2D eigenvalue weighted by atomic mass is 35.5. The van der Waals surface area contributed by atoms with E-state index in [2.05, 4.69) is 9.99 Å². The molecule has 1 rings (SSSR count). The van der Waals surface area contributed by atoms with Crippen LogP contribution in [0.2, 0.25) is 0 Å². The van der Waals surface area contributed by atoms with Gasteiger partial charge in [0.15, 0.2) is 5.84 Å². The summed E-state index contributed by atoms with van der Waals surface area (Å²) in [6, 6.07) is 6.14. The molecule has 0 aliphatic carbocycles. The largest absolute Gasteiger partial charge is 0.487 e. The van der Waals surface area contributed by atoms with Gasteiger partial charge in [-0.05, 0) is 12.1 Å². The molecular weight excluding hydrogens is 282 g/mol. The van der Waals surface area contributed by atoms with Gasteiger partial charge in [-0.3, -0.25) is 0 Å². The average molecular weight is 293 g/mol. The van der Waals surface area contributed by atoms with Crippen LogP contribution in [0.25, 0.3) is 0 Å². The second-order valence-corrected chi connectivity index (χ2v) is 3.54. The molecule has 19 heavy (non-hydrogen) atoms. The van der Waals surface area contributed by atoms with Crippen LogP contribution in [0, 0.1) is 0 Å². The lowest BCUT2D eigenvalue weighted by Crippen LogP contribution is -2.18. The zero-order valence-corrected chi connectivity index (χ0v) is 10.4. The standard InChI is InChI=1S/C11H11ClF2N2O3/c12-5-10(17)19-16-11(15)7-3-1-2-4-8(7)18-6-9(13)14/h1-4,9H,5-6H2,(H2,15,16). The highest BCUT2D eigenvalue weighted by Gasteiger charge is 2.11. The second kappa shape index (κ2) is 7.52. The first-order chi connectivity index (χ1) is 9.04. The van der Waals surface area contributed by atoms with Crippen LogP contribution in [0.5, 0.6) is 5.75 Å². The van der Waals surface area contributed by atoms with Crippen LogP contribution in [-0.2, 0) is 9.63 Å². The topological polar surface area (TPSA) is 73.9 Å². The van der Waals surface area contributed by atoms with Gasteiger partial charge in [-0.2, -0.15) is 0 Å². The van der Waals surface area contributed by atoms with Crippen LogP contribution in [0.15, 0.2) is 29.4 Å². The van der Waals surface area contributed by atoms with E-state index in [1.807, 2.05) is 0 Å². The second-order valence-electron chi connectivity index (χ2n) is 3.27. The molecule has 1 aromatic carbocycles. The van der Waals surface area contributed by atoms with Crippen molar-refractivity contribution < 1.29 is 23.1 Å². The quantitative estimate of drug-likeness (QED) is 0.285. The number of halogens is 3. The van der Waals surface area contributed by atoms with Crippen molar-refractivity contribution in [2.45, 2.75) is 6.43 Å². The van der Waals surface area contributed by atoms with Crippen LogP contribution in [0.1, 0.15) is 5.56 Å². The van der Waals surface area contributed by atoms with E-state index in [-0.39, 0.29) is 23.0 Å². The number of nitrogens with two attached hydrogens (primary N) is 1. The van der Waals surface area contributed by atoms with Gasteiger partial charge in [-0.1, -0.05) is 17.3 Å². The Morgan fingerprint density at radius 2 is 2.11 bits per heavy atom. The minimum atomic E-state index is -2.61. The van der Waals surface area contributed by atoms with Gasteiger partial charge in [0, 0.05) is 0 Å². The van der Waals surface area contributed by atoms with Crippen molar-refractivity contribution >= 4 is 23.4 Å². The maximum Gasteiger partial charge on any atom is 0.349 e. The number of ether oxygens (including phenoxy) is 1. The molecule has 0 radical (unpaired) electrons. The molecule has 0 atom stereocenters. The van der Waals surface area contributed by atoms with E-state index in [1.54, 1.807) is 12.1 Å². The highest BCUT2D eigenvalue weighted by molar-refractivity contribution is 6.26. The summed E-state index contributed by atoms with van der Waals surface area (Å²) in [5.41, 5.74) is 5.81. The molecule has 2 N–H and O–H groups in total. The van der Waals surface area contributed by atoms with E-state index < -0.39 is 19.0 Å². The zero-order chi connectivity index (χ0) is 14.3. The van der Waals surface area contributed by atoms with Crippen molar-refractivity contribution in [3.8, 4) is 5.75 Å². The van der Waals surface area contributed by atoms with Crippen molar-refractivity contribution in [1.29, 1.82) is 0 Å². The number of hydrogen-bond acceptors (Lipinski definition) is 4. The number of rotatable bonds is 6. The average Bonchev–Trinajstić information content (AvgIpc) is 2.42. The van der Waals surface area contributed by atoms with Gasteiger partial charge in [-0.15, -0.1) is 11.6 Å². The van der Waals surface area contributed by atoms with Gasteiger partial charge >= 0.3 is 5.97 Å². The number of para-hydroxylation sites is 1. The molecule has 8 heteroatoms. The molecule has 0 saturated carbocycles. The fraction of sp³-hybridized carbons (Fsp3) is 0.273. The maximum absolute atomic E-state index is 12.1. The number of carbonyl (C=O) groups is 1. The number of alkyl halides is 3. The van der Waals surface area contributed by atoms with E-state index in [1.165, 1.54) is 12.1 Å². The third-order valence-electron chi connectivity index (χ3n) is 1.88. The number of amidine groups is 1. The van der Waals surface area contributed by atoms with Crippen LogP contribution >= 0.6 is 11.6 Å². The lowest BCUT2D eigenvalue weighted by atomic mass is 10.2. The monoisotopic (exact) mass is 292 g/mol. The summed E-state index contributed by atoms with van der Waals surface area (Å²) in [5, 5.41) is 3.35. The molecule has 5 nitrogen and oxygen atoms in total. The van der Waals surface area contributed by atoms with E-state index in [0.29, 0.717) is 0 Å². The summed E-state index contributed by atoms with van der Waals surface area (Å²) in [5.74, 6) is -1.22. The lowest BCUT2D eigenvalue weighted by Gasteiger charge is -2.10. The van der Waals surface area contributed by atoms with E-state index in [9.17, 15) is 13.6 Å². The fourth-order valence-electron chi connectivity index (χ4n) is 1.13.